The number of benzene rings is 2. The van der Waals surface area contributed by atoms with Crippen LogP contribution in [0.1, 0.15) is 36.9 Å². The van der Waals surface area contributed by atoms with Crippen molar-refractivity contribution in [3.63, 3.8) is 0 Å². The highest BCUT2D eigenvalue weighted by Gasteiger charge is 2.31. The Morgan fingerprint density at radius 1 is 1.03 bits per heavy atom. The van der Waals surface area contributed by atoms with Gasteiger partial charge in [0, 0.05) is 6.20 Å². The van der Waals surface area contributed by atoms with E-state index < -0.39 is 17.9 Å². The van der Waals surface area contributed by atoms with Gasteiger partial charge < -0.3 is 15.3 Å². The van der Waals surface area contributed by atoms with Crippen molar-refractivity contribution < 1.29 is 19.5 Å². The lowest BCUT2D eigenvalue weighted by Crippen LogP contribution is -2.43. The van der Waals surface area contributed by atoms with Gasteiger partial charge in [-0.2, -0.15) is 0 Å². The highest BCUT2D eigenvalue weighted by molar-refractivity contribution is 6.02. The molecule has 1 unspecified atom stereocenters. The zero-order chi connectivity index (χ0) is 22.2. The first-order chi connectivity index (χ1) is 15.1. The van der Waals surface area contributed by atoms with Crippen LogP contribution < -0.4 is 5.32 Å². The smallest absolute Gasteiger partial charge is 0.326 e. The molecule has 0 aromatic heterocycles. The third-order valence-corrected chi connectivity index (χ3v) is 5.05. The highest BCUT2D eigenvalue weighted by atomic mass is 16.4. The van der Waals surface area contributed by atoms with E-state index >= 15 is 0 Å². The van der Waals surface area contributed by atoms with Gasteiger partial charge in [-0.3, -0.25) is 4.79 Å². The van der Waals surface area contributed by atoms with Crippen molar-refractivity contribution in [1.82, 2.24) is 10.2 Å². The number of carbonyl (C=O) groups excluding carboxylic acids is 2. The summed E-state index contributed by atoms with van der Waals surface area (Å²) in [4.78, 5) is 38.1. The molecule has 31 heavy (non-hydrogen) atoms. The molecular formula is C25H24N2O4. The average molecular weight is 416 g/mol. The molecule has 1 amide bonds. The number of rotatable bonds is 8. The molecule has 1 aliphatic rings. The van der Waals surface area contributed by atoms with Crippen molar-refractivity contribution in [3.8, 4) is 0 Å². The van der Waals surface area contributed by atoms with Crippen LogP contribution in [-0.4, -0.2) is 33.9 Å². The van der Waals surface area contributed by atoms with E-state index in [1.165, 1.54) is 6.08 Å². The predicted octanol–water partition coefficient (Wildman–Crippen LogP) is 3.62. The van der Waals surface area contributed by atoms with Crippen molar-refractivity contribution >= 4 is 17.8 Å². The number of amides is 1. The molecule has 6 heteroatoms. The molecule has 0 bridgehead atoms. The van der Waals surface area contributed by atoms with Gasteiger partial charge in [0.2, 0.25) is 0 Å². The second-order valence-electron chi connectivity index (χ2n) is 7.16. The van der Waals surface area contributed by atoms with Crippen LogP contribution in [0.2, 0.25) is 0 Å². The largest absolute Gasteiger partial charge is 0.480 e. The first-order valence-corrected chi connectivity index (χ1v) is 10.1. The van der Waals surface area contributed by atoms with Gasteiger partial charge in [0.1, 0.15) is 11.7 Å². The Balaban J connectivity index is 1.97. The monoisotopic (exact) mass is 416 g/mol. The number of nitrogens with zero attached hydrogens (tertiary/aromatic N) is 1. The SMILES string of the molecule is CCCC(NC(=O)C1=CC=CN(C(c2ccccc2)c2ccccc2)C1=C=O)C(=O)O. The number of carbonyl (C=O) groups is 2. The fourth-order valence-corrected chi connectivity index (χ4v) is 3.60. The minimum atomic E-state index is -1.11. The van der Waals surface area contributed by atoms with E-state index in [9.17, 15) is 19.5 Å². The normalized spacial score (nSPS) is 14.1. The van der Waals surface area contributed by atoms with Gasteiger partial charge >= 0.3 is 5.97 Å². The number of hydrogen-bond acceptors (Lipinski definition) is 4. The van der Waals surface area contributed by atoms with Gasteiger partial charge in [0.05, 0.1) is 11.6 Å². The van der Waals surface area contributed by atoms with Crippen LogP contribution in [0.4, 0.5) is 0 Å². The molecule has 0 radical (unpaired) electrons. The number of carboxylic acid groups (broad SMARTS) is 1. The standard InChI is InChI=1S/C25H24N2O4/c1-2-10-21(25(30)31)26-24(29)20-15-9-16-27(22(20)17-28)23(18-11-5-3-6-12-18)19-13-7-4-8-14-19/h3-9,11-16,21,23H,2,10H2,1H3,(H,26,29)(H,30,31). The van der Waals surface area contributed by atoms with E-state index in [1.807, 2.05) is 73.5 Å². The fourth-order valence-electron chi connectivity index (χ4n) is 3.60. The Hall–Kier alpha value is -3.89. The van der Waals surface area contributed by atoms with Gasteiger partial charge in [-0.25, -0.2) is 9.59 Å². The third kappa shape index (κ3) is 5.00. The zero-order valence-corrected chi connectivity index (χ0v) is 17.2. The Bertz CT molecular complexity index is 998. The summed E-state index contributed by atoms with van der Waals surface area (Å²) in [5.74, 6) is 0.178. The maximum atomic E-state index is 12.9. The summed E-state index contributed by atoms with van der Waals surface area (Å²) in [5.41, 5.74) is 2.00. The quantitative estimate of drug-likeness (QED) is 0.642. The molecule has 2 aromatic carbocycles. The van der Waals surface area contributed by atoms with Crippen molar-refractivity contribution in [2.75, 3.05) is 0 Å². The topological polar surface area (TPSA) is 86.7 Å². The molecular weight excluding hydrogens is 392 g/mol. The number of nitrogens with one attached hydrogen (secondary N) is 1. The Labute approximate surface area is 181 Å². The Morgan fingerprint density at radius 3 is 2.10 bits per heavy atom. The summed E-state index contributed by atoms with van der Waals surface area (Å²) in [6, 6.07) is 17.9. The lowest BCUT2D eigenvalue weighted by atomic mass is 9.94. The van der Waals surface area contributed by atoms with E-state index in [1.54, 1.807) is 17.2 Å². The van der Waals surface area contributed by atoms with E-state index in [2.05, 4.69) is 5.32 Å². The van der Waals surface area contributed by atoms with E-state index in [0.29, 0.717) is 12.8 Å². The van der Waals surface area contributed by atoms with Gasteiger partial charge in [-0.05, 0) is 29.7 Å². The van der Waals surface area contributed by atoms with Gasteiger partial charge in [0.15, 0.2) is 5.94 Å². The minimum absolute atomic E-state index is 0.0540. The summed E-state index contributed by atoms with van der Waals surface area (Å²) < 4.78 is 0. The van der Waals surface area contributed by atoms with Crippen LogP contribution in [0.15, 0.2) is 90.3 Å². The summed E-state index contributed by atoms with van der Waals surface area (Å²) in [6.07, 6.45) is 5.80. The highest BCUT2D eigenvalue weighted by Crippen LogP contribution is 2.35. The maximum absolute atomic E-state index is 12.9. The second kappa shape index (κ2) is 10.2. The van der Waals surface area contributed by atoms with Crippen molar-refractivity contribution in [3.05, 3.63) is 101 Å². The van der Waals surface area contributed by atoms with Crippen molar-refractivity contribution in [2.45, 2.75) is 31.8 Å². The van der Waals surface area contributed by atoms with Crippen LogP contribution >= 0.6 is 0 Å². The Morgan fingerprint density at radius 2 is 1.61 bits per heavy atom. The van der Waals surface area contributed by atoms with Crippen LogP contribution in [0.25, 0.3) is 0 Å². The van der Waals surface area contributed by atoms with Crippen LogP contribution in [0.5, 0.6) is 0 Å². The predicted molar refractivity (Wildman–Crippen MR) is 117 cm³/mol. The maximum Gasteiger partial charge on any atom is 0.326 e. The average Bonchev–Trinajstić information content (AvgIpc) is 2.80. The first-order valence-electron chi connectivity index (χ1n) is 10.1. The lowest BCUT2D eigenvalue weighted by Gasteiger charge is -2.34. The van der Waals surface area contributed by atoms with Crippen LogP contribution in [0.3, 0.4) is 0 Å². The molecule has 1 atom stereocenters. The first kappa shape index (κ1) is 21.8. The molecule has 158 valence electrons. The van der Waals surface area contributed by atoms with E-state index in [4.69, 9.17) is 0 Å². The minimum Gasteiger partial charge on any atom is -0.480 e. The van der Waals surface area contributed by atoms with Gasteiger partial charge in [-0.15, -0.1) is 0 Å². The number of allylic oxidation sites excluding steroid dienone is 2. The van der Waals surface area contributed by atoms with Crippen LogP contribution in [-0.2, 0) is 14.4 Å². The van der Waals surface area contributed by atoms with Gasteiger partial charge in [-0.1, -0.05) is 74.0 Å². The molecule has 0 aliphatic carbocycles. The van der Waals surface area contributed by atoms with E-state index in [-0.39, 0.29) is 17.3 Å². The molecule has 2 N–H and O–H groups in total. The molecule has 2 aromatic rings. The summed E-state index contributed by atoms with van der Waals surface area (Å²) >= 11 is 0. The Kier molecular flexibility index (Phi) is 7.20. The molecule has 1 heterocycles. The molecule has 0 saturated heterocycles. The number of carboxylic acids is 1. The zero-order valence-electron chi connectivity index (χ0n) is 17.2. The fraction of sp³-hybridized carbons (Fsp3) is 0.200. The number of hydrogen-bond donors (Lipinski definition) is 2. The van der Waals surface area contributed by atoms with Crippen molar-refractivity contribution in [1.29, 1.82) is 0 Å². The summed E-state index contributed by atoms with van der Waals surface area (Å²) in [7, 11) is 0. The number of aliphatic carboxylic acids is 1. The van der Waals surface area contributed by atoms with Crippen molar-refractivity contribution in [2.24, 2.45) is 0 Å². The van der Waals surface area contributed by atoms with Crippen LogP contribution in [0, 0.1) is 0 Å². The molecule has 1 aliphatic heterocycles. The summed E-state index contributed by atoms with van der Waals surface area (Å²) in [6.45, 7) is 1.84. The second-order valence-corrected chi connectivity index (χ2v) is 7.16. The van der Waals surface area contributed by atoms with Gasteiger partial charge in [0.25, 0.3) is 5.91 Å². The third-order valence-electron chi connectivity index (χ3n) is 5.05. The lowest BCUT2D eigenvalue weighted by molar-refractivity contribution is -0.141. The molecule has 0 fully saturated rings. The molecule has 6 nitrogen and oxygen atoms in total. The van der Waals surface area contributed by atoms with E-state index in [0.717, 1.165) is 11.1 Å². The summed E-state index contributed by atoms with van der Waals surface area (Å²) in [5, 5.41) is 11.9. The molecule has 0 saturated carbocycles. The molecule has 3 rings (SSSR count). The molecule has 0 spiro atoms.